The van der Waals surface area contributed by atoms with Crippen LogP contribution in [0, 0.1) is 11.3 Å². The molecular formula is C12H13BrClN3. The average molecular weight is 315 g/mol. The summed E-state index contributed by atoms with van der Waals surface area (Å²) in [5.41, 5.74) is 0.961. The van der Waals surface area contributed by atoms with Gasteiger partial charge in [-0.25, -0.2) is 0 Å². The first-order valence-electron chi connectivity index (χ1n) is 5.51. The van der Waals surface area contributed by atoms with E-state index in [1.165, 1.54) is 0 Å². The van der Waals surface area contributed by atoms with Gasteiger partial charge in [0.25, 0.3) is 0 Å². The monoisotopic (exact) mass is 313 g/mol. The van der Waals surface area contributed by atoms with E-state index in [0.29, 0.717) is 5.02 Å². The van der Waals surface area contributed by atoms with Gasteiger partial charge in [0, 0.05) is 30.7 Å². The van der Waals surface area contributed by atoms with Crippen molar-refractivity contribution in [3.8, 4) is 6.07 Å². The molecule has 0 spiro atoms. The molecule has 0 radical (unpaired) electrons. The van der Waals surface area contributed by atoms with E-state index in [9.17, 15) is 5.26 Å². The first kappa shape index (κ1) is 12.8. The second-order valence-corrected chi connectivity index (χ2v) is 5.25. The van der Waals surface area contributed by atoms with E-state index in [-0.39, 0.29) is 6.04 Å². The van der Waals surface area contributed by atoms with Gasteiger partial charge in [0.2, 0.25) is 0 Å². The van der Waals surface area contributed by atoms with Crippen LogP contribution in [0.1, 0.15) is 11.6 Å². The molecule has 3 nitrogen and oxygen atoms in total. The van der Waals surface area contributed by atoms with Crippen molar-refractivity contribution in [1.29, 1.82) is 5.26 Å². The maximum absolute atomic E-state index is 9.33. The summed E-state index contributed by atoms with van der Waals surface area (Å²) in [4.78, 5) is 2.18. The topological polar surface area (TPSA) is 39.1 Å². The highest BCUT2D eigenvalue weighted by molar-refractivity contribution is 9.10. The third-order valence-electron chi connectivity index (χ3n) is 2.90. The smallest absolute Gasteiger partial charge is 0.123 e. The van der Waals surface area contributed by atoms with E-state index in [1.54, 1.807) is 0 Å². The lowest BCUT2D eigenvalue weighted by Gasteiger charge is -2.31. The number of rotatable bonds is 2. The molecule has 2 rings (SSSR count). The van der Waals surface area contributed by atoms with Gasteiger partial charge in [-0.05, 0) is 33.6 Å². The van der Waals surface area contributed by atoms with Crippen molar-refractivity contribution >= 4 is 27.5 Å². The lowest BCUT2D eigenvalue weighted by molar-refractivity contribution is 0.207. The van der Waals surface area contributed by atoms with Crippen LogP contribution >= 0.6 is 27.5 Å². The molecule has 1 saturated heterocycles. The molecule has 0 aromatic heterocycles. The Bertz CT molecular complexity index is 438. The largest absolute Gasteiger partial charge is 0.314 e. The summed E-state index contributed by atoms with van der Waals surface area (Å²) in [6.07, 6.45) is 0. The lowest BCUT2D eigenvalue weighted by Crippen LogP contribution is -2.44. The van der Waals surface area contributed by atoms with E-state index in [4.69, 9.17) is 11.6 Å². The lowest BCUT2D eigenvalue weighted by atomic mass is 10.1. The van der Waals surface area contributed by atoms with Gasteiger partial charge in [-0.2, -0.15) is 5.26 Å². The second-order valence-electron chi connectivity index (χ2n) is 3.99. The fourth-order valence-corrected chi connectivity index (χ4v) is 2.43. The van der Waals surface area contributed by atoms with Crippen LogP contribution < -0.4 is 5.32 Å². The van der Waals surface area contributed by atoms with E-state index in [0.717, 1.165) is 36.2 Å². The molecule has 0 amide bonds. The van der Waals surface area contributed by atoms with E-state index in [2.05, 4.69) is 32.2 Å². The highest BCUT2D eigenvalue weighted by Gasteiger charge is 2.22. The average Bonchev–Trinajstić information content (AvgIpc) is 2.36. The van der Waals surface area contributed by atoms with Gasteiger partial charge in [-0.1, -0.05) is 17.7 Å². The third kappa shape index (κ3) is 2.99. The van der Waals surface area contributed by atoms with E-state index >= 15 is 0 Å². The first-order valence-corrected chi connectivity index (χ1v) is 6.69. The zero-order chi connectivity index (χ0) is 12.3. The molecule has 0 aliphatic carbocycles. The Labute approximate surface area is 114 Å². The van der Waals surface area contributed by atoms with Gasteiger partial charge in [0.05, 0.1) is 11.1 Å². The molecule has 1 fully saturated rings. The number of hydrogen-bond acceptors (Lipinski definition) is 3. The predicted octanol–water partition coefficient (Wildman–Crippen LogP) is 2.57. The van der Waals surface area contributed by atoms with Crippen molar-refractivity contribution < 1.29 is 0 Å². The Morgan fingerprint density at radius 3 is 2.71 bits per heavy atom. The molecule has 1 heterocycles. The summed E-state index contributed by atoms with van der Waals surface area (Å²) in [5.74, 6) is 0. The Morgan fingerprint density at radius 1 is 1.41 bits per heavy atom. The standard InChI is InChI=1S/C12H13BrClN3/c13-10-2-1-9(7-11(10)14)12(8-15)17-5-3-16-4-6-17/h1-2,7,12,16H,3-6H2. The fraction of sp³-hybridized carbons (Fsp3) is 0.417. The molecule has 1 atom stereocenters. The number of nitrogens with zero attached hydrogens (tertiary/aromatic N) is 2. The fourth-order valence-electron chi connectivity index (χ4n) is 1.99. The van der Waals surface area contributed by atoms with Gasteiger partial charge in [-0.3, -0.25) is 4.90 Å². The summed E-state index contributed by atoms with van der Waals surface area (Å²) in [7, 11) is 0. The number of halogens is 2. The zero-order valence-corrected chi connectivity index (χ0v) is 11.6. The highest BCUT2D eigenvalue weighted by atomic mass is 79.9. The van der Waals surface area contributed by atoms with Gasteiger partial charge < -0.3 is 5.32 Å². The molecule has 1 N–H and O–H groups in total. The van der Waals surface area contributed by atoms with Gasteiger partial charge in [-0.15, -0.1) is 0 Å². The molecule has 0 saturated carbocycles. The zero-order valence-electron chi connectivity index (χ0n) is 9.29. The van der Waals surface area contributed by atoms with E-state index in [1.807, 2.05) is 18.2 Å². The Balaban J connectivity index is 2.22. The Morgan fingerprint density at radius 2 is 2.12 bits per heavy atom. The number of piperazine rings is 1. The molecule has 1 aromatic rings. The van der Waals surface area contributed by atoms with E-state index < -0.39 is 0 Å². The number of benzene rings is 1. The van der Waals surface area contributed by atoms with Crippen molar-refractivity contribution in [2.45, 2.75) is 6.04 Å². The van der Waals surface area contributed by atoms with Crippen molar-refractivity contribution in [3.63, 3.8) is 0 Å². The SMILES string of the molecule is N#CC(c1ccc(Br)c(Cl)c1)N1CCNCC1. The third-order valence-corrected chi connectivity index (χ3v) is 4.13. The summed E-state index contributed by atoms with van der Waals surface area (Å²) in [6, 6.07) is 7.86. The number of nitrogens with one attached hydrogen (secondary N) is 1. The van der Waals surface area contributed by atoms with Crippen LogP contribution in [0.3, 0.4) is 0 Å². The maximum atomic E-state index is 9.33. The highest BCUT2D eigenvalue weighted by Crippen LogP contribution is 2.28. The molecule has 5 heteroatoms. The molecule has 1 aromatic carbocycles. The summed E-state index contributed by atoms with van der Waals surface area (Å²) in [6.45, 7) is 3.66. The van der Waals surface area contributed by atoms with Crippen LogP contribution in [0.5, 0.6) is 0 Å². The minimum absolute atomic E-state index is 0.206. The second kappa shape index (κ2) is 5.83. The molecule has 17 heavy (non-hydrogen) atoms. The summed E-state index contributed by atoms with van der Waals surface area (Å²) in [5, 5.41) is 13.3. The number of nitriles is 1. The molecule has 90 valence electrons. The van der Waals surface area contributed by atoms with Crippen molar-refractivity contribution in [2.75, 3.05) is 26.2 Å². The van der Waals surface area contributed by atoms with Crippen LogP contribution in [0.2, 0.25) is 5.02 Å². The molecular weight excluding hydrogens is 302 g/mol. The first-order chi connectivity index (χ1) is 8.22. The van der Waals surface area contributed by atoms with Crippen molar-refractivity contribution in [2.24, 2.45) is 0 Å². The van der Waals surface area contributed by atoms with Crippen LogP contribution in [-0.2, 0) is 0 Å². The minimum Gasteiger partial charge on any atom is -0.314 e. The quantitative estimate of drug-likeness (QED) is 0.912. The van der Waals surface area contributed by atoms with Gasteiger partial charge in [0.15, 0.2) is 0 Å². The van der Waals surface area contributed by atoms with Crippen molar-refractivity contribution in [1.82, 2.24) is 10.2 Å². The number of hydrogen-bond donors (Lipinski definition) is 1. The van der Waals surface area contributed by atoms with Crippen LogP contribution in [-0.4, -0.2) is 31.1 Å². The summed E-state index contributed by atoms with van der Waals surface area (Å²) < 4.78 is 0.861. The van der Waals surface area contributed by atoms with Gasteiger partial charge in [0.1, 0.15) is 6.04 Å². The van der Waals surface area contributed by atoms with Crippen LogP contribution in [0.15, 0.2) is 22.7 Å². The molecule has 1 aliphatic heterocycles. The van der Waals surface area contributed by atoms with Gasteiger partial charge >= 0.3 is 0 Å². The van der Waals surface area contributed by atoms with Crippen LogP contribution in [0.25, 0.3) is 0 Å². The molecule has 0 bridgehead atoms. The maximum Gasteiger partial charge on any atom is 0.123 e. The predicted molar refractivity (Wildman–Crippen MR) is 71.9 cm³/mol. The Kier molecular flexibility index (Phi) is 4.41. The Hall–Kier alpha value is -0.600. The van der Waals surface area contributed by atoms with Crippen molar-refractivity contribution in [3.05, 3.63) is 33.3 Å². The molecule has 1 aliphatic rings. The minimum atomic E-state index is -0.206. The summed E-state index contributed by atoms with van der Waals surface area (Å²) >= 11 is 9.42. The normalized spacial score (nSPS) is 18.6. The van der Waals surface area contributed by atoms with Crippen LogP contribution in [0.4, 0.5) is 0 Å². The molecule has 1 unspecified atom stereocenters.